The molecule has 2 aromatic carbocycles. The summed E-state index contributed by atoms with van der Waals surface area (Å²) in [6, 6.07) is 15.6. The lowest BCUT2D eigenvalue weighted by molar-refractivity contribution is -0.140. The molecular formula is C22H23BrN2O2. The molecule has 1 fully saturated rings. The van der Waals surface area contributed by atoms with E-state index in [9.17, 15) is 9.59 Å². The number of benzene rings is 2. The van der Waals surface area contributed by atoms with Gasteiger partial charge in [0, 0.05) is 21.6 Å². The molecule has 0 bridgehead atoms. The van der Waals surface area contributed by atoms with Crippen LogP contribution in [0.25, 0.3) is 0 Å². The number of halogens is 1. The smallest absolute Gasteiger partial charge is 0.244 e. The zero-order valence-corrected chi connectivity index (χ0v) is 16.7. The molecule has 2 amide bonds. The number of hydrogen-bond donors (Lipinski definition) is 1. The quantitative estimate of drug-likeness (QED) is 0.741. The fourth-order valence-corrected chi connectivity index (χ4v) is 4.64. The fraction of sp³-hybridized carbons (Fsp3) is 0.364. The number of nitrogens with zero attached hydrogens (tertiary/aromatic N) is 1. The predicted octanol–water partition coefficient (Wildman–Crippen LogP) is 4.90. The van der Waals surface area contributed by atoms with Crippen LogP contribution < -0.4 is 5.32 Å². The van der Waals surface area contributed by atoms with Gasteiger partial charge in [0.2, 0.25) is 11.8 Å². The van der Waals surface area contributed by atoms with E-state index in [1.807, 2.05) is 48.5 Å². The molecule has 0 radical (unpaired) electrons. The molecule has 4 rings (SSSR count). The number of amides is 2. The van der Waals surface area contributed by atoms with E-state index in [0.717, 1.165) is 47.0 Å². The molecule has 0 aromatic heterocycles. The van der Waals surface area contributed by atoms with Crippen LogP contribution in [0, 0.1) is 5.92 Å². The van der Waals surface area contributed by atoms with Crippen molar-refractivity contribution in [2.24, 2.45) is 5.92 Å². The van der Waals surface area contributed by atoms with Crippen LogP contribution in [0.3, 0.4) is 0 Å². The van der Waals surface area contributed by atoms with Crippen molar-refractivity contribution in [3.63, 3.8) is 0 Å². The summed E-state index contributed by atoms with van der Waals surface area (Å²) in [6.45, 7) is 0.0845. The molecule has 0 unspecified atom stereocenters. The summed E-state index contributed by atoms with van der Waals surface area (Å²) in [7, 11) is 0. The van der Waals surface area contributed by atoms with E-state index in [1.54, 1.807) is 4.90 Å². The number of carbonyl (C=O) groups is 2. The van der Waals surface area contributed by atoms with Crippen LogP contribution in [-0.4, -0.2) is 23.3 Å². The maximum atomic E-state index is 13.5. The van der Waals surface area contributed by atoms with E-state index in [1.165, 1.54) is 6.42 Å². The number of fused-ring (bicyclic) bond motifs is 1. The molecule has 4 nitrogen and oxygen atoms in total. The lowest BCUT2D eigenvalue weighted by Crippen LogP contribution is -2.42. The van der Waals surface area contributed by atoms with E-state index in [0.29, 0.717) is 0 Å². The SMILES string of the molecule is O=C1CN(C(=O)C2CCCCC2)[C@@H](c2ccccc2)c2cc(Br)ccc2N1. The predicted molar refractivity (Wildman–Crippen MR) is 109 cm³/mol. The Morgan fingerprint density at radius 2 is 1.78 bits per heavy atom. The van der Waals surface area contributed by atoms with Gasteiger partial charge in [-0.1, -0.05) is 65.5 Å². The molecule has 1 heterocycles. The molecule has 1 saturated carbocycles. The third-order valence-corrected chi connectivity index (χ3v) is 6.05. The van der Waals surface area contributed by atoms with Gasteiger partial charge in [-0.3, -0.25) is 9.59 Å². The van der Waals surface area contributed by atoms with E-state index < -0.39 is 0 Å². The van der Waals surface area contributed by atoms with Crippen LogP contribution in [-0.2, 0) is 9.59 Å². The highest BCUT2D eigenvalue weighted by Gasteiger charge is 2.36. The van der Waals surface area contributed by atoms with Crippen LogP contribution in [0.4, 0.5) is 5.69 Å². The number of hydrogen-bond acceptors (Lipinski definition) is 2. The van der Waals surface area contributed by atoms with Gasteiger partial charge >= 0.3 is 0 Å². The Morgan fingerprint density at radius 1 is 1.04 bits per heavy atom. The van der Waals surface area contributed by atoms with Crippen molar-refractivity contribution in [2.45, 2.75) is 38.1 Å². The van der Waals surface area contributed by atoms with Crippen LogP contribution >= 0.6 is 15.9 Å². The molecule has 5 heteroatoms. The number of anilines is 1. The van der Waals surface area contributed by atoms with Crippen molar-refractivity contribution >= 4 is 33.4 Å². The average molecular weight is 427 g/mol. The Balaban J connectivity index is 1.81. The van der Waals surface area contributed by atoms with E-state index in [4.69, 9.17) is 0 Å². The Hall–Kier alpha value is -2.14. The Kier molecular flexibility index (Phi) is 5.30. The molecule has 140 valence electrons. The van der Waals surface area contributed by atoms with Crippen molar-refractivity contribution < 1.29 is 9.59 Å². The second-order valence-corrected chi connectivity index (χ2v) is 8.31. The zero-order valence-electron chi connectivity index (χ0n) is 15.2. The Morgan fingerprint density at radius 3 is 2.52 bits per heavy atom. The van der Waals surface area contributed by atoms with Crippen molar-refractivity contribution in [1.82, 2.24) is 4.90 Å². The highest BCUT2D eigenvalue weighted by molar-refractivity contribution is 9.10. The van der Waals surface area contributed by atoms with Gasteiger partial charge in [-0.25, -0.2) is 0 Å². The fourth-order valence-electron chi connectivity index (χ4n) is 4.26. The molecular weight excluding hydrogens is 404 g/mol. The summed E-state index contributed by atoms with van der Waals surface area (Å²) in [5, 5.41) is 2.98. The van der Waals surface area contributed by atoms with Crippen LogP contribution in [0.15, 0.2) is 53.0 Å². The lowest BCUT2D eigenvalue weighted by Gasteiger charge is -2.34. The molecule has 1 N–H and O–H groups in total. The second-order valence-electron chi connectivity index (χ2n) is 7.39. The molecule has 2 aromatic rings. The van der Waals surface area contributed by atoms with Crippen molar-refractivity contribution in [3.8, 4) is 0 Å². The van der Waals surface area contributed by atoms with E-state index in [2.05, 4.69) is 21.2 Å². The molecule has 1 atom stereocenters. The average Bonchev–Trinajstić information content (AvgIpc) is 2.84. The second kappa shape index (κ2) is 7.85. The summed E-state index contributed by atoms with van der Waals surface area (Å²) in [6.07, 6.45) is 5.22. The monoisotopic (exact) mass is 426 g/mol. The van der Waals surface area contributed by atoms with Gasteiger partial charge < -0.3 is 10.2 Å². The zero-order chi connectivity index (χ0) is 18.8. The molecule has 0 spiro atoms. The van der Waals surface area contributed by atoms with Crippen LogP contribution in [0.5, 0.6) is 0 Å². The van der Waals surface area contributed by atoms with Crippen LogP contribution in [0.1, 0.15) is 49.3 Å². The van der Waals surface area contributed by atoms with Gasteiger partial charge in [-0.2, -0.15) is 0 Å². The van der Waals surface area contributed by atoms with Gasteiger partial charge in [-0.15, -0.1) is 0 Å². The number of nitrogens with one attached hydrogen (secondary N) is 1. The molecule has 1 aliphatic carbocycles. The number of carbonyl (C=O) groups excluding carboxylic acids is 2. The van der Waals surface area contributed by atoms with Gasteiger partial charge in [0.05, 0.1) is 6.04 Å². The van der Waals surface area contributed by atoms with Crippen LogP contribution in [0.2, 0.25) is 0 Å². The van der Waals surface area contributed by atoms with Gasteiger partial charge in [0.25, 0.3) is 0 Å². The molecule has 1 aliphatic heterocycles. The van der Waals surface area contributed by atoms with Crippen molar-refractivity contribution in [3.05, 3.63) is 64.1 Å². The Bertz CT molecular complexity index is 847. The van der Waals surface area contributed by atoms with E-state index >= 15 is 0 Å². The summed E-state index contributed by atoms with van der Waals surface area (Å²) in [5.41, 5.74) is 2.75. The summed E-state index contributed by atoms with van der Waals surface area (Å²) in [5.74, 6) is -0.0147. The number of rotatable bonds is 2. The molecule has 0 saturated heterocycles. The largest absolute Gasteiger partial charge is 0.324 e. The van der Waals surface area contributed by atoms with Crippen molar-refractivity contribution in [2.75, 3.05) is 11.9 Å². The minimum atomic E-state index is -0.271. The lowest BCUT2D eigenvalue weighted by atomic mass is 9.87. The third-order valence-electron chi connectivity index (χ3n) is 5.56. The maximum Gasteiger partial charge on any atom is 0.244 e. The first-order valence-electron chi connectivity index (χ1n) is 9.58. The molecule has 27 heavy (non-hydrogen) atoms. The topological polar surface area (TPSA) is 49.4 Å². The highest BCUT2D eigenvalue weighted by Crippen LogP contribution is 2.39. The summed E-state index contributed by atoms with van der Waals surface area (Å²) in [4.78, 5) is 27.8. The first-order valence-corrected chi connectivity index (χ1v) is 10.4. The normalized spacial score (nSPS) is 20.6. The Labute approximate surface area is 168 Å². The van der Waals surface area contributed by atoms with Crippen molar-refractivity contribution in [1.29, 1.82) is 0 Å². The first kappa shape index (κ1) is 18.2. The van der Waals surface area contributed by atoms with Gasteiger partial charge in [0.15, 0.2) is 0 Å². The minimum absolute atomic E-state index is 0.0199. The van der Waals surface area contributed by atoms with Gasteiger partial charge in [-0.05, 0) is 36.6 Å². The minimum Gasteiger partial charge on any atom is -0.324 e. The highest BCUT2D eigenvalue weighted by atomic mass is 79.9. The van der Waals surface area contributed by atoms with Gasteiger partial charge in [0.1, 0.15) is 6.54 Å². The summed E-state index contributed by atoms with van der Waals surface area (Å²) >= 11 is 3.55. The third kappa shape index (κ3) is 3.79. The summed E-state index contributed by atoms with van der Waals surface area (Å²) < 4.78 is 0.934. The molecule has 2 aliphatic rings. The first-order chi connectivity index (χ1) is 13.1. The standard InChI is InChI=1S/C22H23BrN2O2/c23-17-11-12-19-18(13-17)21(15-7-3-1-4-8-15)25(14-20(26)24-19)22(27)16-9-5-2-6-10-16/h1,3-4,7-8,11-13,16,21H,2,5-6,9-10,14H2,(H,24,26)/t21-/m0/s1. The maximum absolute atomic E-state index is 13.5. The van der Waals surface area contributed by atoms with E-state index in [-0.39, 0.29) is 30.3 Å².